The van der Waals surface area contributed by atoms with Crippen molar-refractivity contribution in [3.63, 3.8) is 0 Å². The van der Waals surface area contributed by atoms with Gasteiger partial charge in [-0.15, -0.1) is 0 Å². The molecule has 0 unspecified atom stereocenters. The molecule has 0 radical (unpaired) electrons. The Bertz CT molecular complexity index is 3170. The number of para-hydroxylation sites is 4. The van der Waals surface area contributed by atoms with E-state index in [1.165, 1.54) is 49.6 Å². The molecule has 2 heterocycles. The number of nitrogens with zero attached hydrogens (tertiary/aromatic N) is 2. The van der Waals surface area contributed by atoms with Crippen LogP contribution in [-0.2, 0) is 0 Å². The van der Waals surface area contributed by atoms with Crippen molar-refractivity contribution in [2.75, 3.05) is 4.90 Å². The highest BCUT2D eigenvalue weighted by Gasteiger charge is 2.18. The third kappa shape index (κ3) is 5.68. The van der Waals surface area contributed by atoms with E-state index in [1.807, 2.05) is 12.1 Å². The molecule has 0 fully saturated rings. The van der Waals surface area contributed by atoms with E-state index in [9.17, 15) is 0 Å². The van der Waals surface area contributed by atoms with Crippen LogP contribution in [0, 0.1) is 0 Å². The first-order chi connectivity index (χ1) is 28.3. The highest BCUT2D eigenvalue weighted by atomic mass is 16.3. The molecule has 0 N–H and O–H groups in total. The molecule has 0 saturated heterocycles. The summed E-state index contributed by atoms with van der Waals surface area (Å²) >= 11 is 0. The highest BCUT2D eigenvalue weighted by molar-refractivity contribution is 6.10. The van der Waals surface area contributed by atoms with Gasteiger partial charge in [-0.2, -0.15) is 0 Å². The van der Waals surface area contributed by atoms with Crippen LogP contribution in [0.25, 0.3) is 82.8 Å². The molecule has 11 rings (SSSR count). The van der Waals surface area contributed by atoms with Crippen molar-refractivity contribution in [3.8, 4) is 39.1 Å². The van der Waals surface area contributed by atoms with Gasteiger partial charge < -0.3 is 13.9 Å². The SMILES string of the molecule is c1ccc(-c2cccc(-c3ccc(N(c4ccc(-c5ccccc5-n5c6ccccc6c6ccccc65)cc4)c4ccc5oc6ccccc6c5c4)cc3)c2)cc1. The van der Waals surface area contributed by atoms with Gasteiger partial charge in [-0.25, -0.2) is 0 Å². The predicted octanol–water partition coefficient (Wildman–Crippen LogP) is 15.2. The van der Waals surface area contributed by atoms with Gasteiger partial charge in [0.25, 0.3) is 0 Å². The van der Waals surface area contributed by atoms with Gasteiger partial charge in [0.1, 0.15) is 11.2 Å². The summed E-state index contributed by atoms with van der Waals surface area (Å²) in [5.41, 5.74) is 15.6. The van der Waals surface area contributed by atoms with Crippen LogP contribution in [0.3, 0.4) is 0 Å². The third-order valence-corrected chi connectivity index (χ3v) is 11.2. The molecule has 2 aromatic heterocycles. The lowest BCUT2D eigenvalue weighted by atomic mass is 9.98. The Hall–Kier alpha value is -7.62. The average Bonchev–Trinajstić information content (AvgIpc) is 3.83. The van der Waals surface area contributed by atoms with Crippen molar-refractivity contribution in [2.24, 2.45) is 0 Å². The molecule has 57 heavy (non-hydrogen) atoms. The first-order valence-electron chi connectivity index (χ1n) is 19.4. The van der Waals surface area contributed by atoms with Gasteiger partial charge >= 0.3 is 0 Å². The second kappa shape index (κ2) is 13.6. The zero-order valence-corrected chi connectivity index (χ0v) is 31.1. The van der Waals surface area contributed by atoms with E-state index in [0.29, 0.717) is 0 Å². The Morgan fingerprint density at radius 3 is 1.53 bits per heavy atom. The minimum Gasteiger partial charge on any atom is -0.456 e. The number of aromatic nitrogens is 1. The standard InChI is InChI=1S/C54H36N2O/c1-2-13-37(14-3-1)40-15-12-16-41(35-40)38-25-29-42(30-26-38)55(44-33-34-54-49(36-44)48-20-7-11-24-53(48)57-54)43-31-27-39(28-32-43)45-17-4-8-21-50(45)56-51-22-9-5-18-46(51)47-19-6-10-23-52(47)56/h1-36H. The molecule has 268 valence electrons. The zero-order valence-electron chi connectivity index (χ0n) is 31.1. The molecule has 3 heteroatoms. The average molecular weight is 729 g/mol. The minimum atomic E-state index is 0.880. The van der Waals surface area contributed by atoms with Crippen molar-refractivity contribution in [3.05, 3.63) is 218 Å². The van der Waals surface area contributed by atoms with Gasteiger partial charge in [-0.1, -0.05) is 146 Å². The fourth-order valence-electron chi connectivity index (χ4n) is 8.50. The van der Waals surface area contributed by atoms with Crippen LogP contribution < -0.4 is 4.90 Å². The number of rotatable bonds is 7. The number of fused-ring (bicyclic) bond motifs is 6. The van der Waals surface area contributed by atoms with Crippen LogP contribution in [0.2, 0.25) is 0 Å². The summed E-state index contributed by atoms with van der Waals surface area (Å²) in [6, 6.07) is 78.1. The van der Waals surface area contributed by atoms with Crippen LogP contribution in [0.5, 0.6) is 0 Å². The molecule has 0 aliphatic heterocycles. The number of furan rings is 1. The lowest BCUT2D eigenvalue weighted by Gasteiger charge is -2.26. The van der Waals surface area contributed by atoms with Crippen molar-refractivity contribution < 1.29 is 4.42 Å². The van der Waals surface area contributed by atoms with E-state index >= 15 is 0 Å². The zero-order chi connectivity index (χ0) is 37.7. The van der Waals surface area contributed by atoms with Crippen LogP contribution in [0.1, 0.15) is 0 Å². The van der Waals surface area contributed by atoms with E-state index in [4.69, 9.17) is 4.42 Å². The lowest BCUT2D eigenvalue weighted by Crippen LogP contribution is -2.09. The van der Waals surface area contributed by atoms with Gasteiger partial charge in [-0.3, -0.25) is 0 Å². The molecular weight excluding hydrogens is 693 g/mol. The fraction of sp³-hybridized carbons (Fsp3) is 0. The van der Waals surface area contributed by atoms with Crippen LogP contribution in [0.4, 0.5) is 17.1 Å². The van der Waals surface area contributed by atoms with Gasteiger partial charge in [0, 0.05) is 44.2 Å². The third-order valence-electron chi connectivity index (χ3n) is 11.2. The van der Waals surface area contributed by atoms with E-state index in [-0.39, 0.29) is 0 Å². The predicted molar refractivity (Wildman–Crippen MR) is 239 cm³/mol. The van der Waals surface area contributed by atoms with Crippen molar-refractivity contribution in [1.29, 1.82) is 0 Å². The maximum Gasteiger partial charge on any atom is 0.135 e. The van der Waals surface area contributed by atoms with Crippen LogP contribution in [-0.4, -0.2) is 4.57 Å². The number of anilines is 3. The van der Waals surface area contributed by atoms with Gasteiger partial charge in [0.05, 0.1) is 16.7 Å². The van der Waals surface area contributed by atoms with Crippen molar-refractivity contribution in [1.82, 2.24) is 4.57 Å². The molecule has 0 atom stereocenters. The maximum atomic E-state index is 6.24. The Labute approximate surface area is 330 Å². The van der Waals surface area contributed by atoms with E-state index in [1.54, 1.807) is 0 Å². The Morgan fingerprint density at radius 2 is 0.825 bits per heavy atom. The molecule has 0 spiro atoms. The first-order valence-corrected chi connectivity index (χ1v) is 19.4. The monoisotopic (exact) mass is 728 g/mol. The maximum absolute atomic E-state index is 6.24. The molecular formula is C54H36N2O. The van der Waals surface area contributed by atoms with E-state index in [0.717, 1.165) is 50.3 Å². The molecule has 0 aliphatic carbocycles. The van der Waals surface area contributed by atoms with Crippen molar-refractivity contribution >= 4 is 60.8 Å². The number of benzene rings is 9. The number of hydrogen-bond acceptors (Lipinski definition) is 2. The summed E-state index contributed by atoms with van der Waals surface area (Å²) in [6.07, 6.45) is 0. The van der Waals surface area contributed by atoms with Crippen LogP contribution >= 0.6 is 0 Å². The van der Waals surface area contributed by atoms with Crippen LogP contribution in [0.15, 0.2) is 223 Å². The van der Waals surface area contributed by atoms with Gasteiger partial charge in [-0.05, 0) is 101 Å². The lowest BCUT2D eigenvalue weighted by molar-refractivity contribution is 0.669. The topological polar surface area (TPSA) is 21.3 Å². The Kier molecular flexibility index (Phi) is 7.82. The molecule has 9 aromatic carbocycles. The summed E-state index contributed by atoms with van der Waals surface area (Å²) in [4.78, 5) is 2.34. The van der Waals surface area contributed by atoms with E-state index < -0.39 is 0 Å². The second-order valence-corrected chi connectivity index (χ2v) is 14.5. The molecule has 0 bridgehead atoms. The summed E-state index contributed by atoms with van der Waals surface area (Å²) in [5, 5.41) is 4.72. The minimum absolute atomic E-state index is 0.880. The quantitative estimate of drug-likeness (QED) is 0.163. The molecule has 3 nitrogen and oxygen atoms in total. The van der Waals surface area contributed by atoms with Gasteiger partial charge in [0.15, 0.2) is 0 Å². The summed E-state index contributed by atoms with van der Waals surface area (Å²) in [7, 11) is 0. The normalized spacial score (nSPS) is 11.5. The molecule has 11 aromatic rings. The van der Waals surface area contributed by atoms with Crippen molar-refractivity contribution in [2.45, 2.75) is 0 Å². The highest BCUT2D eigenvalue weighted by Crippen LogP contribution is 2.41. The van der Waals surface area contributed by atoms with Gasteiger partial charge in [0.2, 0.25) is 0 Å². The van der Waals surface area contributed by atoms with E-state index in [2.05, 4.69) is 216 Å². The Balaban J connectivity index is 1.02. The smallest absolute Gasteiger partial charge is 0.135 e. The molecule has 0 saturated carbocycles. The Morgan fingerprint density at radius 1 is 0.316 bits per heavy atom. The fourth-order valence-corrected chi connectivity index (χ4v) is 8.50. The first kappa shape index (κ1) is 32.8. The summed E-state index contributed by atoms with van der Waals surface area (Å²) in [5.74, 6) is 0. The largest absolute Gasteiger partial charge is 0.456 e. The summed E-state index contributed by atoms with van der Waals surface area (Å²) < 4.78 is 8.65. The summed E-state index contributed by atoms with van der Waals surface area (Å²) in [6.45, 7) is 0. The molecule has 0 aliphatic rings. The second-order valence-electron chi connectivity index (χ2n) is 14.5. The molecule has 0 amide bonds. The number of hydrogen-bond donors (Lipinski definition) is 0.